The van der Waals surface area contributed by atoms with Crippen molar-refractivity contribution in [3.05, 3.63) is 58.1 Å². The molecule has 114 valence electrons. The van der Waals surface area contributed by atoms with Gasteiger partial charge in [-0.3, -0.25) is 4.79 Å². The molecule has 0 heterocycles. The number of rotatable bonds is 4. The standard InChI is InChI=1S/C15H10ClF2NO3/c1-22-15(21)11-5-10(18)6-12(16)14(11)19-13-3-2-9(17)4-8(13)7-20/h2-7,19H,1H3. The number of ether oxygens (including phenoxy) is 1. The minimum absolute atomic E-state index is 0.0243. The molecule has 0 aromatic heterocycles. The van der Waals surface area contributed by atoms with E-state index >= 15 is 0 Å². The maximum atomic E-state index is 13.4. The first kappa shape index (κ1) is 15.9. The molecular weight excluding hydrogens is 316 g/mol. The van der Waals surface area contributed by atoms with Crippen molar-refractivity contribution in [1.29, 1.82) is 0 Å². The zero-order valence-electron chi connectivity index (χ0n) is 11.3. The van der Waals surface area contributed by atoms with Crippen LogP contribution in [0.1, 0.15) is 20.7 Å². The highest BCUT2D eigenvalue weighted by Crippen LogP contribution is 2.32. The number of anilines is 2. The molecule has 1 N–H and O–H groups in total. The minimum Gasteiger partial charge on any atom is -0.465 e. The SMILES string of the molecule is COC(=O)c1cc(F)cc(Cl)c1Nc1ccc(F)cc1C=O. The number of methoxy groups -OCH3 is 1. The van der Waals surface area contributed by atoms with Crippen LogP contribution in [0, 0.1) is 11.6 Å². The van der Waals surface area contributed by atoms with Crippen LogP contribution in [0.25, 0.3) is 0 Å². The maximum Gasteiger partial charge on any atom is 0.340 e. The molecule has 0 saturated heterocycles. The lowest BCUT2D eigenvalue weighted by Crippen LogP contribution is -2.08. The molecule has 0 fully saturated rings. The van der Waals surface area contributed by atoms with Gasteiger partial charge in [0, 0.05) is 11.3 Å². The summed E-state index contributed by atoms with van der Waals surface area (Å²) in [5.41, 5.74) is 0.157. The smallest absolute Gasteiger partial charge is 0.340 e. The van der Waals surface area contributed by atoms with Gasteiger partial charge in [-0.05, 0) is 30.3 Å². The molecule has 0 unspecified atom stereocenters. The number of hydrogen-bond donors (Lipinski definition) is 1. The summed E-state index contributed by atoms with van der Waals surface area (Å²) in [5.74, 6) is -2.12. The fourth-order valence-corrected chi connectivity index (χ4v) is 2.10. The van der Waals surface area contributed by atoms with Gasteiger partial charge in [-0.1, -0.05) is 11.6 Å². The molecule has 0 amide bonds. The molecule has 0 aliphatic rings. The minimum atomic E-state index is -0.807. The summed E-state index contributed by atoms with van der Waals surface area (Å²) in [6.07, 6.45) is 0.445. The second-order valence-electron chi connectivity index (χ2n) is 4.28. The van der Waals surface area contributed by atoms with Gasteiger partial charge in [0.1, 0.15) is 11.6 Å². The average molecular weight is 326 g/mol. The van der Waals surface area contributed by atoms with Crippen LogP contribution < -0.4 is 5.32 Å². The fraction of sp³-hybridized carbons (Fsp3) is 0.0667. The summed E-state index contributed by atoms with van der Waals surface area (Å²) in [5, 5.41) is 2.65. The second-order valence-corrected chi connectivity index (χ2v) is 4.68. The Morgan fingerprint density at radius 1 is 1.23 bits per heavy atom. The molecule has 22 heavy (non-hydrogen) atoms. The van der Waals surface area contributed by atoms with Crippen LogP contribution in [0.15, 0.2) is 30.3 Å². The first-order chi connectivity index (χ1) is 10.5. The highest BCUT2D eigenvalue weighted by atomic mass is 35.5. The summed E-state index contributed by atoms with van der Waals surface area (Å²) < 4.78 is 31.1. The van der Waals surface area contributed by atoms with Gasteiger partial charge in [-0.15, -0.1) is 0 Å². The van der Waals surface area contributed by atoms with Gasteiger partial charge in [-0.2, -0.15) is 0 Å². The lowest BCUT2D eigenvalue weighted by molar-refractivity contribution is 0.0601. The topological polar surface area (TPSA) is 55.4 Å². The van der Waals surface area contributed by atoms with Crippen molar-refractivity contribution < 1.29 is 23.1 Å². The molecule has 0 bridgehead atoms. The highest BCUT2D eigenvalue weighted by Gasteiger charge is 2.18. The van der Waals surface area contributed by atoms with Crippen LogP contribution in [-0.4, -0.2) is 19.4 Å². The van der Waals surface area contributed by atoms with E-state index in [1.165, 1.54) is 6.07 Å². The molecule has 0 aliphatic heterocycles. The van der Waals surface area contributed by atoms with Crippen molar-refractivity contribution in [2.45, 2.75) is 0 Å². The number of hydrogen-bond acceptors (Lipinski definition) is 4. The average Bonchev–Trinajstić information content (AvgIpc) is 2.50. The Morgan fingerprint density at radius 2 is 1.95 bits per heavy atom. The zero-order chi connectivity index (χ0) is 16.3. The number of esters is 1. The van der Waals surface area contributed by atoms with E-state index in [1.807, 2.05) is 0 Å². The second kappa shape index (κ2) is 6.53. The van der Waals surface area contributed by atoms with Crippen LogP contribution in [0.4, 0.5) is 20.2 Å². The third-order valence-electron chi connectivity index (χ3n) is 2.86. The lowest BCUT2D eigenvalue weighted by atomic mass is 10.1. The van der Waals surface area contributed by atoms with E-state index in [-0.39, 0.29) is 27.5 Å². The van der Waals surface area contributed by atoms with E-state index in [2.05, 4.69) is 10.1 Å². The number of nitrogens with one attached hydrogen (secondary N) is 1. The Hall–Kier alpha value is -2.47. The van der Waals surface area contributed by atoms with Gasteiger partial charge in [-0.25, -0.2) is 13.6 Å². The van der Waals surface area contributed by atoms with E-state index in [0.717, 1.165) is 31.4 Å². The lowest BCUT2D eigenvalue weighted by Gasteiger charge is -2.14. The number of benzene rings is 2. The molecule has 2 aromatic carbocycles. The maximum absolute atomic E-state index is 13.4. The number of carbonyl (C=O) groups is 2. The van der Waals surface area contributed by atoms with Crippen LogP contribution in [-0.2, 0) is 4.74 Å². The van der Waals surface area contributed by atoms with Gasteiger partial charge in [0.2, 0.25) is 0 Å². The Balaban J connectivity index is 2.54. The summed E-state index contributed by atoms with van der Waals surface area (Å²) in [7, 11) is 1.14. The summed E-state index contributed by atoms with van der Waals surface area (Å²) >= 11 is 5.94. The fourth-order valence-electron chi connectivity index (χ4n) is 1.85. The van der Waals surface area contributed by atoms with Gasteiger partial charge < -0.3 is 10.1 Å². The molecule has 0 aliphatic carbocycles. The normalized spacial score (nSPS) is 10.2. The zero-order valence-corrected chi connectivity index (χ0v) is 12.1. The Bertz CT molecular complexity index is 750. The highest BCUT2D eigenvalue weighted by molar-refractivity contribution is 6.34. The Labute approximate surface area is 129 Å². The number of halogens is 3. The summed E-state index contributed by atoms with van der Waals surface area (Å²) in [6, 6.07) is 5.40. The van der Waals surface area contributed by atoms with Crippen LogP contribution in [0.3, 0.4) is 0 Å². The van der Waals surface area contributed by atoms with E-state index in [4.69, 9.17) is 11.6 Å². The van der Waals surface area contributed by atoms with Gasteiger partial charge >= 0.3 is 5.97 Å². The summed E-state index contributed by atoms with van der Waals surface area (Å²) in [6.45, 7) is 0. The van der Waals surface area contributed by atoms with Crippen LogP contribution >= 0.6 is 11.6 Å². The largest absolute Gasteiger partial charge is 0.465 e. The molecular formula is C15H10ClF2NO3. The molecule has 0 saturated carbocycles. The van der Waals surface area contributed by atoms with Gasteiger partial charge in [0.25, 0.3) is 0 Å². The first-order valence-electron chi connectivity index (χ1n) is 6.05. The van der Waals surface area contributed by atoms with Crippen molar-refractivity contribution in [3.63, 3.8) is 0 Å². The van der Waals surface area contributed by atoms with Crippen molar-refractivity contribution in [2.75, 3.05) is 12.4 Å². The van der Waals surface area contributed by atoms with Crippen molar-refractivity contribution in [3.8, 4) is 0 Å². The molecule has 7 heteroatoms. The van der Waals surface area contributed by atoms with E-state index in [0.29, 0.717) is 6.29 Å². The van der Waals surface area contributed by atoms with Crippen molar-refractivity contribution in [1.82, 2.24) is 0 Å². The molecule has 2 rings (SSSR count). The summed E-state index contributed by atoms with van der Waals surface area (Å²) in [4.78, 5) is 22.7. The first-order valence-corrected chi connectivity index (χ1v) is 6.43. The van der Waals surface area contributed by atoms with Crippen molar-refractivity contribution in [2.24, 2.45) is 0 Å². The predicted octanol–water partition coefficient (Wildman–Crippen LogP) is 3.96. The monoisotopic (exact) mass is 325 g/mol. The molecule has 2 aromatic rings. The van der Waals surface area contributed by atoms with Gasteiger partial charge in [0.15, 0.2) is 6.29 Å². The van der Waals surface area contributed by atoms with E-state index in [9.17, 15) is 18.4 Å². The van der Waals surface area contributed by atoms with Crippen LogP contribution in [0.2, 0.25) is 5.02 Å². The third kappa shape index (κ3) is 3.23. The number of carbonyl (C=O) groups excluding carboxylic acids is 2. The number of aldehydes is 1. The Morgan fingerprint density at radius 3 is 2.59 bits per heavy atom. The van der Waals surface area contributed by atoms with Crippen LogP contribution in [0.5, 0.6) is 0 Å². The molecule has 0 spiro atoms. The van der Waals surface area contributed by atoms with E-state index < -0.39 is 17.6 Å². The Kier molecular flexibility index (Phi) is 4.72. The molecule has 4 nitrogen and oxygen atoms in total. The van der Waals surface area contributed by atoms with Gasteiger partial charge in [0.05, 0.1) is 23.4 Å². The molecule has 0 atom stereocenters. The molecule has 0 radical (unpaired) electrons. The van der Waals surface area contributed by atoms with Crippen molar-refractivity contribution >= 4 is 35.2 Å². The predicted molar refractivity (Wildman–Crippen MR) is 77.8 cm³/mol. The van der Waals surface area contributed by atoms with E-state index in [1.54, 1.807) is 0 Å². The quantitative estimate of drug-likeness (QED) is 0.683. The third-order valence-corrected chi connectivity index (χ3v) is 3.16.